The van der Waals surface area contributed by atoms with Crippen LogP contribution >= 0.6 is 0 Å². The van der Waals surface area contributed by atoms with Gasteiger partial charge in [0.25, 0.3) is 5.91 Å². The molecular formula is C19H39NO6. The zero-order chi connectivity index (χ0) is 19.9. The number of rotatable bonds is 16. The van der Waals surface area contributed by atoms with Gasteiger partial charge in [0, 0.05) is 13.6 Å². The van der Waals surface area contributed by atoms with E-state index in [1.807, 2.05) is 0 Å². The first kappa shape index (κ1) is 25.3. The highest BCUT2D eigenvalue weighted by Crippen LogP contribution is 2.12. The highest BCUT2D eigenvalue weighted by atomic mass is 16.4. The zero-order valence-electron chi connectivity index (χ0n) is 16.4. The molecule has 0 aromatic carbocycles. The van der Waals surface area contributed by atoms with Crippen molar-refractivity contribution in [3.63, 3.8) is 0 Å². The molecule has 1 amide bonds. The monoisotopic (exact) mass is 377 g/mol. The molecule has 0 aromatic rings. The number of aliphatic hydroxyl groups excluding tert-OH is 5. The predicted molar refractivity (Wildman–Crippen MR) is 101 cm³/mol. The van der Waals surface area contributed by atoms with Crippen molar-refractivity contribution in [2.45, 2.75) is 95.5 Å². The Kier molecular flexibility index (Phi) is 14.9. The number of unbranched alkanes of at least 4 members (excludes halogenated alkanes) is 9. The number of carbonyl (C=O) groups excluding carboxylic acids is 1. The van der Waals surface area contributed by atoms with Gasteiger partial charge < -0.3 is 30.4 Å². The highest BCUT2D eigenvalue weighted by molar-refractivity contribution is 5.81. The van der Waals surface area contributed by atoms with Gasteiger partial charge in [-0.3, -0.25) is 4.79 Å². The smallest absolute Gasteiger partial charge is 0.253 e. The zero-order valence-corrected chi connectivity index (χ0v) is 16.4. The van der Waals surface area contributed by atoms with Crippen molar-refractivity contribution < 1.29 is 30.3 Å². The van der Waals surface area contributed by atoms with E-state index in [1.54, 1.807) is 0 Å². The molecule has 5 N–H and O–H groups in total. The van der Waals surface area contributed by atoms with Gasteiger partial charge in [-0.05, 0) is 6.42 Å². The number of amides is 1. The van der Waals surface area contributed by atoms with E-state index < -0.39 is 36.9 Å². The average Bonchev–Trinajstić information content (AvgIpc) is 2.66. The van der Waals surface area contributed by atoms with Gasteiger partial charge >= 0.3 is 0 Å². The number of carbonyl (C=O) groups is 1. The molecule has 0 radical (unpaired) electrons. The Balaban J connectivity index is 3.88. The van der Waals surface area contributed by atoms with E-state index in [-0.39, 0.29) is 0 Å². The molecule has 0 aliphatic rings. The van der Waals surface area contributed by atoms with Crippen molar-refractivity contribution in [3.8, 4) is 0 Å². The Morgan fingerprint density at radius 3 is 1.73 bits per heavy atom. The molecule has 156 valence electrons. The minimum atomic E-state index is -1.85. The van der Waals surface area contributed by atoms with E-state index in [1.165, 1.54) is 56.9 Å². The molecule has 0 aromatic heterocycles. The number of aliphatic hydroxyl groups is 5. The van der Waals surface area contributed by atoms with Crippen LogP contribution in [-0.2, 0) is 4.79 Å². The van der Waals surface area contributed by atoms with E-state index in [0.29, 0.717) is 6.54 Å². The Morgan fingerprint density at radius 2 is 1.27 bits per heavy atom. The number of hydrogen-bond donors (Lipinski definition) is 5. The Bertz CT molecular complexity index is 355. The Hall–Kier alpha value is -0.730. The lowest BCUT2D eigenvalue weighted by molar-refractivity contribution is -0.157. The fourth-order valence-electron chi connectivity index (χ4n) is 2.84. The average molecular weight is 378 g/mol. The summed E-state index contributed by atoms with van der Waals surface area (Å²) in [7, 11) is 1.53. The lowest BCUT2D eigenvalue weighted by Gasteiger charge is -2.28. The van der Waals surface area contributed by atoms with Gasteiger partial charge in [-0.15, -0.1) is 0 Å². The van der Waals surface area contributed by atoms with Crippen molar-refractivity contribution >= 4 is 5.91 Å². The largest absolute Gasteiger partial charge is 0.394 e. The SMILES string of the molecule is CCCCCCCCCCCCN(C)C(=O)C(O)C(O)C(O)C(O)CO. The van der Waals surface area contributed by atoms with Crippen LogP contribution < -0.4 is 0 Å². The molecule has 0 bridgehead atoms. The summed E-state index contributed by atoms with van der Waals surface area (Å²) in [6, 6.07) is 0. The highest BCUT2D eigenvalue weighted by Gasteiger charge is 2.35. The molecule has 0 saturated heterocycles. The molecule has 0 aliphatic carbocycles. The van der Waals surface area contributed by atoms with Gasteiger partial charge in [0.1, 0.15) is 18.3 Å². The van der Waals surface area contributed by atoms with Gasteiger partial charge in [0.05, 0.1) is 6.61 Å². The van der Waals surface area contributed by atoms with E-state index in [9.17, 15) is 25.2 Å². The van der Waals surface area contributed by atoms with Crippen molar-refractivity contribution in [1.29, 1.82) is 0 Å². The van der Waals surface area contributed by atoms with Crippen LogP contribution in [0.25, 0.3) is 0 Å². The van der Waals surface area contributed by atoms with Crippen LogP contribution in [0.3, 0.4) is 0 Å². The normalized spacial score (nSPS) is 16.1. The van der Waals surface area contributed by atoms with Gasteiger partial charge in [-0.1, -0.05) is 64.7 Å². The molecule has 26 heavy (non-hydrogen) atoms. The van der Waals surface area contributed by atoms with Crippen LogP contribution in [0.5, 0.6) is 0 Å². The molecule has 0 fully saturated rings. The second-order valence-corrected chi connectivity index (χ2v) is 7.12. The lowest BCUT2D eigenvalue weighted by atomic mass is 10.0. The maximum Gasteiger partial charge on any atom is 0.253 e. The number of nitrogens with zero attached hydrogens (tertiary/aromatic N) is 1. The maximum atomic E-state index is 12.1. The van der Waals surface area contributed by atoms with Gasteiger partial charge in [0.15, 0.2) is 6.10 Å². The van der Waals surface area contributed by atoms with E-state index >= 15 is 0 Å². The van der Waals surface area contributed by atoms with E-state index in [2.05, 4.69) is 6.92 Å². The second kappa shape index (κ2) is 15.3. The van der Waals surface area contributed by atoms with Crippen molar-refractivity contribution in [2.24, 2.45) is 0 Å². The summed E-state index contributed by atoms with van der Waals surface area (Å²) in [6.07, 6.45) is 4.76. The third-order valence-corrected chi connectivity index (χ3v) is 4.73. The van der Waals surface area contributed by atoms with Gasteiger partial charge in [-0.25, -0.2) is 0 Å². The quantitative estimate of drug-likeness (QED) is 0.254. The van der Waals surface area contributed by atoms with Crippen molar-refractivity contribution in [1.82, 2.24) is 4.90 Å². The van der Waals surface area contributed by atoms with E-state index in [0.717, 1.165) is 19.3 Å². The number of hydrogen-bond acceptors (Lipinski definition) is 6. The summed E-state index contributed by atoms with van der Waals surface area (Å²) in [4.78, 5) is 13.4. The molecule has 7 nitrogen and oxygen atoms in total. The van der Waals surface area contributed by atoms with Crippen molar-refractivity contribution in [3.05, 3.63) is 0 Å². The summed E-state index contributed by atoms with van der Waals surface area (Å²) >= 11 is 0. The molecule has 4 atom stereocenters. The second-order valence-electron chi connectivity index (χ2n) is 7.12. The third kappa shape index (κ3) is 10.4. The number of likely N-dealkylation sites (N-methyl/N-ethyl adjacent to an activating group) is 1. The van der Waals surface area contributed by atoms with E-state index in [4.69, 9.17) is 5.11 Å². The predicted octanol–water partition coefficient (Wildman–Crippen LogP) is 0.802. The molecular weight excluding hydrogens is 338 g/mol. The fourth-order valence-corrected chi connectivity index (χ4v) is 2.84. The van der Waals surface area contributed by atoms with Crippen LogP contribution in [0.4, 0.5) is 0 Å². The Labute approximate surface area is 157 Å². The summed E-state index contributed by atoms with van der Waals surface area (Å²) in [5, 5.41) is 47.2. The first-order valence-corrected chi connectivity index (χ1v) is 9.94. The molecule has 0 spiro atoms. The van der Waals surface area contributed by atoms with Gasteiger partial charge in [-0.2, -0.15) is 0 Å². The van der Waals surface area contributed by atoms with Crippen molar-refractivity contribution in [2.75, 3.05) is 20.2 Å². The van der Waals surface area contributed by atoms with Crippen LogP contribution in [0.1, 0.15) is 71.1 Å². The Morgan fingerprint density at radius 1 is 0.808 bits per heavy atom. The third-order valence-electron chi connectivity index (χ3n) is 4.73. The summed E-state index contributed by atoms with van der Waals surface area (Å²) in [6.45, 7) is 1.90. The van der Waals surface area contributed by atoms with Crippen LogP contribution in [0, 0.1) is 0 Å². The van der Waals surface area contributed by atoms with Crippen LogP contribution in [0.2, 0.25) is 0 Å². The lowest BCUT2D eigenvalue weighted by Crippen LogP contribution is -2.52. The first-order valence-electron chi connectivity index (χ1n) is 9.94. The molecule has 4 unspecified atom stereocenters. The topological polar surface area (TPSA) is 121 Å². The molecule has 0 aliphatic heterocycles. The minimum Gasteiger partial charge on any atom is -0.394 e. The van der Waals surface area contributed by atoms with Crippen LogP contribution in [0.15, 0.2) is 0 Å². The summed E-state index contributed by atoms with van der Waals surface area (Å²) in [5.41, 5.74) is 0. The molecule has 7 heteroatoms. The summed E-state index contributed by atoms with van der Waals surface area (Å²) < 4.78 is 0. The first-order chi connectivity index (χ1) is 12.4. The molecule has 0 heterocycles. The van der Waals surface area contributed by atoms with Gasteiger partial charge in [0.2, 0.25) is 0 Å². The fraction of sp³-hybridized carbons (Fsp3) is 0.947. The van der Waals surface area contributed by atoms with Crippen LogP contribution in [-0.4, -0.2) is 81.0 Å². The summed E-state index contributed by atoms with van der Waals surface area (Å²) in [5.74, 6) is -0.711. The minimum absolute atomic E-state index is 0.456. The maximum absolute atomic E-state index is 12.1. The standard InChI is InChI=1S/C19H39NO6/c1-3-4-5-6-7-8-9-10-11-12-13-20(2)19(26)18(25)17(24)16(23)15(22)14-21/h15-18,21-25H,3-14H2,1-2H3. The molecule has 0 rings (SSSR count). The molecule has 0 saturated carbocycles.